The lowest BCUT2D eigenvalue weighted by Gasteiger charge is -2.26. The van der Waals surface area contributed by atoms with E-state index < -0.39 is 15.1 Å². The number of rotatable bonds is 10. The maximum Gasteiger partial charge on any atom is 0.229 e. The number of sulfone groups is 1. The number of hydrogen-bond donors (Lipinski definition) is 4. The van der Waals surface area contributed by atoms with Crippen LogP contribution in [0.1, 0.15) is 62.1 Å². The van der Waals surface area contributed by atoms with E-state index in [0.29, 0.717) is 17.7 Å². The van der Waals surface area contributed by atoms with E-state index in [-0.39, 0.29) is 16.8 Å². The van der Waals surface area contributed by atoms with Crippen molar-refractivity contribution in [3.8, 4) is 5.75 Å². The smallest absolute Gasteiger partial charge is 0.229 e. The Morgan fingerprint density at radius 2 is 1.89 bits per heavy atom. The van der Waals surface area contributed by atoms with Crippen molar-refractivity contribution in [2.75, 3.05) is 30.8 Å². The number of nitrogens with one attached hydrogen (secondary N) is 3. The lowest BCUT2D eigenvalue weighted by Crippen LogP contribution is -2.27. The molecule has 1 aliphatic carbocycles. The third-order valence-electron chi connectivity index (χ3n) is 6.89. The van der Waals surface area contributed by atoms with Crippen LogP contribution in [0.15, 0.2) is 34.0 Å². The predicted octanol–water partition coefficient (Wildman–Crippen LogP) is 3.91. The quantitative estimate of drug-likeness (QED) is 0.329. The summed E-state index contributed by atoms with van der Waals surface area (Å²) in [7, 11) is -2.15. The van der Waals surface area contributed by atoms with Gasteiger partial charge >= 0.3 is 0 Å². The first-order chi connectivity index (χ1) is 18.1. The Bertz CT molecular complexity index is 1330. The first-order valence-electron chi connectivity index (χ1n) is 13.2. The van der Waals surface area contributed by atoms with Crippen LogP contribution in [-0.4, -0.2) is 56.1 Å². The molecule has 206 valence electrons. The summed E-state index contributed by atoms with van der Waals surface area (Å²) >= 11 is 0. The van der Waals surface area contributed by atoms with E-state index in [1.165, 1.54) is 17.3 Å². The number of benzene rings is 1. The molecule has 0 spiro atoms. The molecule has 10 nitrogen and oxygen atoms in total. The van der Waals surface area contributed by atoms with Gasteiger partial charge in [-0.2, -0.15) is 4.98 Å². The van der Waals surface area contributed by atoms with Crippen molar-refractivity contribution < 1.29 is 13.2 Å². The summed E-state index contributed by atoms with van der Waals surface area (Å²) < 4.78 is 31.7. The summed E-state index contributed by atoms with van der Waals surface area (Å²) in [5.74, 6) is 2.09. The second-order valence-electron chi connectivity index (χ2n) is 10.3. The van der Waals surface area contributed by atoms with Crippen molar-refractivity contribution >= 4 is 33.5 Å². The topological polar surface area (TPSA) is 144 Å². The molecule has 11 heteroatoms. The second-order valence-corrected chi connectivity index (χ2v) is 12.8. The molecule has 0 bridgehead atoms. The molecule has 0 radical (unpaired) electrons. The van der Waals surface area contributed by atoms with Crippen LogP contribution >= 0.6 is 0 Å². The number of ether oxygens (including phenoxy) is 1. The van der Waals surface area contributed by atoms with Gasteiger partial charge in [0.05, 0.1) is 22.7 Å². The molecule has 2 fully saturated rings. The van der Waals surface area contributed by atoms with Crippen LogP contribution in [0.5, 0.6) is 5.75 Å². The molecule has 4 rings (SSSR count). The minimum atomic E-state index is -3.70. The third kappa shape index (κ3) is 6.44. The lowest BCUT2D eigenvalue weighted by molar-refractivity contribution is 0.304. The number of piperidine rings is 1. The minimum Gasteiger partial charge on any atom is -0.488 e. The highest BCUT2D eigenvalue weighted by Gasteiger charge is 2.27. The van der Waals surface area contributed by atoms with E-state index in [0.717, 1.165) is 55.8 Å². The molecule has 0 unspecified atom stereocenters. The zero-order valence-electron chi connectivity index (χ0n) is 22.8. The molecule has 0 amide bonds. The molecule has 5 N–H and O–H groups in total. The number of hydrogen-bond acceptors (Lipinski definition) is 10. The number of nitrogens with zero attached hydrogens (tertiary/aromatic N) is 3. The first kappa shape index (κ1) is 27.8. The van der Waals surface area contributed by atoms with Gasteiger partial charge in [-0.05, 0) is 95.6 Å². The van der Waals surface area contributed by atoms with Gasteiger partial charge in [0.25, 0.3) is 0 Å². The molecule has 1 aromatic heterocycles. The summed E-state index contributed by atoms with van der Waals surface area (Å²) in [5, 5.41) is 8.87. The normalized spacial score (nSPS) is 17.5. The van der Waals surface area contributed by atoms with Gasteiger partial charge < -0.3 is 26.4 Å². The first-order valence-corrected chi connectivity index (χ1v) is 14.7. The Balaban J connectivity index is 1.65. The Kier molecular flexibility index (Phi) is 8.57. The van der Waals surface area contributed by atoms with Gasteiger partial charge in [0, 0.05) is 25.0 Å². The van der Waals surface area contributed by atoms with Crippen molar-refractivity contribution in [3.63, 3.8) is 0 Å². The largest absolute Gasteiger partial charge is 0.488 e. The summed E-state index contributed by atoms with van der Waals surface area (Å²) in [6, 6.07) is 4.28. The van der Waals surface area contributed by atoms with Crippen molar-refractivity contribution in [1.82, 2.24) is 15.3 Å². The predicted molar refractivity (Wildman–Crippen MR) is 153 cm³/mol. The number of anilines is 3. The Morgan fingerprint density at radius 3 is 2.53 bits per heavy atom. The molecule has 1 saturated carbocycles. The van der Waals surface area contributed by atoms with Gasteiger partial charge in [-0.15, -0.1) is 0 Å². The zero-order valence-corrected chi connectivity index (χ0v) is 23.7. The number of nitrogens with two attached hydrogens (primary N) is 1. The van der Waals surface area contributed by atoms with E-state index in [4.69, 9.17) is 10.5 Å². The van der Waals surface area contributed by atoms with Crippen LogP contribution < -0.4 is 26.4 Å². The summed E-state index contributed by atoms with van der Waals surface area (Å²) in [5.41, 5.74) is 10.3. The monoisotopic (exact) mass is 541 g/mol. The molecule has 2 aliphatic rings. The van der Waals surface area contributed by atoms with Crippen molar-refractivity contribution in [2.24, 2.45) is 10.7 Å². The molecule has 0 atom stereocenters. The van der Waals surface area contributed by atoms with Crippen molar-refractivity contribution in [1.29, 1.82) is 0 Å². The second kappa shape index (κ2) is 11.7. The fourth-order valence-electron chi connectivity index (χ4n) is 4.41. The fraction of sp³-hybridized carbons (Fsp3) is 0.519. The highest BCUT2D eigenvalue weighted by molar-refractivity contribution is 7.95. The summed E-state index contributed by atoms with van der Waals surface area (Å²) in [6.07, 6.45) is 7.62. The highest BCUT2D eigenvalue weighted by atomic mass is 32.2. The highest BCUT2D eigenvalue weighted by Crippen LogP contribution is 2.39. The number of allylic oxidation sites excluding steroid dienone is 1. The van der Waals surface area contributed by atoms with Gasteiger partial charge in [-0.25, -0.2) is 13.4 Å². The molecular formula is C27H39N7O3S. The average molecular weight is 542 g/mol. The fourth-order valence-corrected chi connectivity index (χ4v) is 5.33. The van der Waals surface area contributed by atoms with Crippen LogP contribution in [-0.2, 0) is 9.84 Å². The lowest BCUT2D eigenvalue weighted by atomic mass is 9.87. The van der Waals surface area contributed by atoms with Crippen LogP contribution in [0.25, 0.3) is 0 Å². The summed E-state index contributed by atoms with van der Waals surface area (Å²) in [4.78, 5) is 13.1. The maximum atomic E-state index is 12.7. The Hall–Kier alpha value is -3.18. The molecular weight excluding hydrogens is 502 g/mol. The molecule has 2 aromatic rings. The molecule has 2 heterocycles. The van der Waals surface area contributed by atoms with Crippen molar-refractivity contribution in [2.45, 2.75) is 70.7 Å². The molecule has 1 aromatic carbocycles. The van der Waals surface area contributed by atoms with Crippen molar-refractivity contribution in [3.05, 3.63) is 45.7 Å². The van der Waals surface area contributed by atoms with Gasteiger partial charge in [0.2, 0.25) is 5.95 Å². The van der Waals surface area contributed by atoms with Gasteiger partial charge in [0.15, 0.2) is 14.9 Å². The number of aromatic nitrogens is 2. The SMILES string of the molecule is CN=CC(Nc1nc(Nc2cc(C)c(C3CCNCC3)cc2OC2CC2)ncc1C)=C(N)S(=O)(=O)C(C)C. The van der Waals surface area contributed by atoms with Gasteiger partial charge in [0.1, 0.15) is 11.6 Å². The van der Waals surface area contributed by atoms with E-state index in [9.17, 15) is 8.42 Å². The average Bonchev–Trinajstić information content (AvgIpc) is 3.71. The Labute approximate surface area is 225 Å². The Morgan fingerprint density at radius 1 is 1.18 bits per heavy atom. The van der Waals surface area contributed by atoms with E-state index in [1.807, 2.05) is 6.92 Å². The number of aliphatic imine (C=N–C) groups is 1. The van der Waals surface area contributed by atoms with Crippen LogP contribution in [0, 0.1) is 13.8 Å². The van der Waals surface area contributed by atoms with Gasteiger partial charge in [-0.1, -0.05) is 0 Å². The van der Waals surface area contributed by atoms with Gasteiger partial charge in [-0.3, -0.25) is 4.99 Å². The number of aryl methyl sites for hydroxylation is 2. The van der Waals surface area contributed by atoms with Crippen LogP contribution in [0.4, 0.5) is 17.5 Å². The summed E-state index contributed by atoms with van der Waals surface area (Å²) in [6.45, 7) is 9.18. The van der Waals surface area contributed by atoms with Crippen LogP contribution in [0.3, 0.4) is 0 Å². The minimum absolute atomic E-state index is 0.161. The van der Waals surface area contributed by atoms with E-state index in [2.05, 4.69) is 50.0 Å². The molecule has 1 aliphatic heterocycles. The maximum absolute atomic E-state index is 12.7. The zero-order chi connectivity index (χ0) is 27.4. The molecule has 1 saturated heterocycles. The van der Waals surface area contributed by atoms with E-state index in [1.54, 1.807) is 27.1 Å². The standard InChI is InChI=1S/C27H39N7O3S/c1-16(2)38(35,36)25(28)23(15-29-5)32-26-18(4)14-31-27(34-26)33-22-12-17(3)21(19-8-10-30-11-9-19)13-24(22)37-20-6-7-20/h12-16,19-20,30H,6-11,28H2,1-5H3,(H2,31,32,33,34). The van der Waals surface area contributed by atoms with E-state index >= 15 is 0 Å². The van der Waals surface area contributed by atoms with Crippen LogP contribution in [0.2, 0.25) is 0 Å². The molecule has 38 heavy (non-hydrogen) atoms. The third-order valence-corrected chi connectivity index (χ3v) is 8.96.